The summed E-state index contributed by atoms with van der Waals surface area (Å²) in [5.41, 5.74) is 0. The molecule has 1 aliphatic rings. The molecule has 0 aromatic carbocycles. The van der Waals surface area contributed by atoms with Crippen LogP contribution in [0.2, 0.25) is 0 Å². The number of anilines is 1. The van der Waals surface area contributed by atoms with E-state index in [0.29, 0.717) is 12.0 Å². The van der Waals surface area contributed by atoms with Crippen LogP contribution in [-0.2, 0) is 0 Å². The summed E-state index contributed by atoms with van der Waals surface area (Å²) < 4.78 is 38.9. The molecule has 0 aliphatic heterocycles. The van der Waals surface area contributed by atoms with Gasteiger partial charge in [0.15, 0.2) is 17.5 Å². The van der Waals surface area contributed by atoms with Crippen molar-refractivity contribution < 1.29 is 13.2 Å². The van der Waals surface area contributed by atoms with Crippen LogP contribution < -0.4 is 5.32 Å². The number of hydrogen-bond donors (Lipinski definition) is 1. The lowest BCUT2D eigenvalue weighted by atomic mass is 9.87. The lowest BCUT2D eigenvalue weighted by Gasteiger charge is -2.27. The number of nitrogens with one attached hydrogen (secondary N) is 1. The van der Waals surface area contributed by atoms with Crippen molar-refractivity contribution in [3.8, 4) is 0 Å². The summed E-state index contributed by atoms with van der Waals surface area (Å²) in [6.45, 7) is 2.17. The van der Waals surface area contributed by atoms with E-state index in [9.17, 15) is 13.2 Å². The molecule has 17 heavy (non-hydrogen) atoms. The van der Waals surface area contributed by atoms with Gasteiger partial charge in [0.25, 0.3) is 5.95 Å². The first-order valence-electron chi connectivity index (χ1n) is 5.84. The lowest BCUT2D eigenvalue weighted by Crippen LogP contribution is -2.26. The van der Waals surface area contributed by atoms with Crippen molar-refractivity contribution in [3.63, 3.8) is 0 Å². The van der Waals surface area contributed by atoms with Crippen LogP contribution in [0.25, 0.3) is 0 Å². The summed E-state index contributed by atoms with van der Waals surface area (Å²) in [5.74, 6) is -2.88. The van der Waals surface area contributed by atoms with Gasteiger partial charge in [0.2, 0.25) is 0 Å². The molecule has 0 unspecified atom stereocenters. The normalized spacial score (nSPS) is 24.7. The molecule has 0 amide bonds. The number of nitrogens with zero attached hydrogens (tertiary/aromatic N) is 1. The Hall–Kier alpha value is -1.26. The van der Waals surface area contributed by atoms with Gasteiger partial charge in [0, 0.05) is 12.1 Å². The topological polar surface area (TPSA) is 24.9 Å². The van der Waals surface area contributed by atoms with Crippen LogP contribution in [-0.4, -0.2) is 11.0 Å². The molecule has 2 nitrogen and oxygen atoms in total. The second-order valence-corrected chi connectivity index (χ2v) is 4.69. The molecule has 1 aliphatic carbocycles. The summed E-state index contributed by atoms with van der Waals surface area (Å²) in [5, 5.41) is 2.84. The zero-order valence-corrected chi connectivity index (χ0v) is 9.64. The fourth-order valence-electron chi connectivity index (χ4n) is 2.14. The average Bonchev–Trinajstić information content (AvgIpc) is 2.29. The highest BCUT2D eigenvalue weighted by molar-refractivity contribution is 5.37. The van der Waals surface area contributed by atoms with Gasteiger partial charge in [-0.3, -0.25) is 0 Å². The van der Waals surface area contributed by atoms with Gasteiger partial charge >= 0.3 is 0 Å². The fourth-order valence-corrected chi connectivity index (χ4v) is 2.14. The molecule has 0 bridgehead atoms. The Morgan fingerprint density at radius 2 is 1.76 bits per heavy atom. The third-order valence-electron chi connectivity index (χ3n) is 3.24. The Bertz CT molecular complexity index is 401. The smallest absolute Gasteiger partial charge is 0.251 e. The number of hydrogen-bond acceptors (Lipinski definition) is 2. The third kappa shape index (κ3) is 2.90. The molecule has 0 radical (unpaired) electrons. The minimum atomic E-state index is -1.27. The van der Waals surface area contributed by atoms with E-state index in [4.69, 9.17) is 0 Å². The predicted octanol–water partition coefficient (Wildman–Crippen LogP) is 3.49. The van der Waals surface area contributed by atoms with Crippen molar-refractivity contribution in [2.75, 3.05) is 5.32 Å². The van der Waals surface area contributed by atoms with Gasteiger partial charge in [-0.2, -0.15) is 9.37 Å². The summed E-state index contributed by atoms with van der Waals surface area (Å²) in [7, 11) is 0. The molecule has 1 aromatic heterocycles. The zero-order valence-electron chi connectivity index (χ0n) is 9.64. The van der Waals surface area contributed by atoms with E-state index in [1.807, 2.05) is 0 Å². The van der Waals surface area contributed by atoms with Crippen LogP contribution in [0.4, 0.5) is 19.0 Å². The van der Waals surface area contributed by atoms with Crippen molar-refractivity contribution in [1.82, 2.24) is 4.98 Å². The van der Waals surface area contributed by atoms with E-state index in [-0.39, 0.29) is 11.9 Å². The molecule has 1 aromatic rings. The van der Waals surface area contributed by atoms with Crippen molar-refractivity contribution in [3.05, 3.63) is 23.6 Å². The van der Waals surface area contributed by atoms with Crippen molar-refractivity contribution >= 4 is 5.82 Å². The second-order valence-electron chi connectivity index (χ2n) is 4.69. The Labute approximate surface area is 98.2 Å². The highest BCUT2D eigenvalue weighted by atomic mass is 19.2. The number of halogens is 3. The standard InChI is InChI=1S/C12H15F3N2/c1-7-2-4-8(5-3-7)16-12-10(14)6-9(13)11(15)17-12/h6-8H,2-5H2,1H3,(H,16,17). The maximum Gasteiger partial charge on any atom is 0.251 e. The van der Waals surface area contributed by atoms with Crippen molar-refractivity contribution in [2.24, 2.45) is 5.92 Å². The third-order valence-corrected chi connectivity index (χ3v) is 3.24. The average molecular weight is 244 g/mol. The Balaban J connectivity index is 2.06. The first-order chi connectivity index (χ1) is 8.06. The Morgan fingerprint density at radius 1 is 1.12 bits per heavy atom. The van der Waals surface area contributed by atoms with Crippen molar-refractivity contribution in [1.29, 1.82) is 0 Å². The molecule has 0 spiro atoms. The number of rotatable bonds is 2. The van der Waals surface area contributed by atoms with Gasteiger partial charge in [-0.25, -0.2) is 8.78 Å². The Kier molecular flexibility index (Phi) is 3.54. The van der Waals surface area contributed by atoms with E-state index >= 15 is 0 Å². The Morgan fingerprint density at radius 3 is 2.41 bits per heavy atom. The molecule has 94 valence electrons. The minimum absolute atomic E-state index is 0.0954. The van der Waals surface area contributed by atoms with Gasteiger partial charge in [-0.15, -0.1) is 0 Å². The van der Waals surface area contributed by atoms with Crippen molar-refractivity contribution in [2.45, 2.75) is 38.6 Å². The molecule has 1 fully saturated rings. The largest absolute Gasteiger partial charge is 0.365 e. The van der Waals surface area contributed by atoms with Gasteiger partial charge in [-0.1, -0.05) is 6.92 Å². The minimum Gasteiger partial charge on any atom is -0.365 e. The monoisotopic (exact) mass is 244 g/mol. The highest BCUT2D eigenvalue weighted by Crippen LogP contribution is 2.26. The van der Waals surface area contributed by atoms with Crippen LogP contribution in [0.3, 0.4) is 0 Å². The molecule has 0 atom stereocenters. The molecule has 1 heterocycles. The molecule has 5 heteroatoms. The van der Waals surface area contributed by atoms with E-state index in [0.717, 1.165) is 25.7 Å². The quantitative estimate of drug-likeness (QED) is 0.805. The number of aromatic nitrogens is 1. The zero-order chi connectivity index (χ0) is 12.4. The fraction of sp³-hybridized carbons (Fsp3) is 0.583. The van der Waals surface area contributed by atoms with Crippen LogP contribution in [0.15, 0.2) is 6.07 Å². The van der Waals surface area contributed by atoms with Crippen LogP contribution in [0.5, 0.6) is 0 Å². The van der Waals surface area contributed by atoms with Crippen LogP contribution in [0, 0.1) is 23.5 Å². The molecular formula is C12H15F3N2. The summed E-state index contributed by atoms with van der Waals surface area (Å²) in [6.07, 6.45) is 3.93. The first kappa shape index (κ1) is 12.2. The maximum atomic E-state index is 13.3. The summed E-state index contributed by atoms with van der Waals surface area (Å²) in [4.78, 5) is 3.26. The van der Waals surface area contributed by atoms with Gasteiger partial charge in [-0.05, 0) is 31.6 Å². The van der Waals surface area contributed by atoms with Gasteiger partial charge < -0.3 is 5.32 Å². The van der Waals surface area contributed by atoms with Gasteiger partial charge in [0.05, 0.1) is 0 Å². The SMILES string of the molecule is CC1CCC(Nc2nc(F)c(F)cc2F)CC1. The highest BCUT2D eigenvalue weighted by Gasteiger charge is 2.20. The lowest BCUT2D eigenvalue weighted by molar-refractivity contribution is 0.359. The first-order valence-corrected chi connectivity index (χ1v) is 5.84. The van der Waals surface area contributed by atoms with Crippen LogP contribution in [0.1, 0.15) is 32.6 Å². The molecule has 1 N–H and O–H groups in total. The van der Waals surface area contributed by atoms with E-state index in [2.05, 4.69) is 17.2 Å². The summed E-state index contributed by atoms with van der Waals surface area (Å²) in [6, 6.07) is 0.619. The number of pyridine rings is 1. The molecule has 2 rings (SSSR count). The van der Waals surface area contributed by atoms with E-state index < -0.39 is 17.6 Å². The molecular weight excluding hydrogens is 229 g/mol. The maximum absolute atomic E-state index is 13.3. The van der Waals surface area contributed by atoms with E-state index in [1.165, 1.54) is 0 Å². The molecule has 0 saturated heterocycles. The molecule has 1 saturated carbocycles. The predicted molar refractivity (Wildman–Crippen MR) is 59.2 cm³/mol. The van der Waals surface area contributed by atoms with E-state index in [1.54, 1.807) is 0 Å². The van der Waals surface area contributed by atoms with Crippen LogP contribution >= 0.6 is 0 Å². The second kappa shape index (κ2) is 4.94. The summed E-state index contributed by atoms with van der Waals surface area (Å²) >= 11 is 0. The van der Waals surface area contributed by atoms with Gasteiger partial charge in [0.1, 0.15) is 0 Å².